The highest BCUT2D eigenvalue weighted by Gasteiger charge is 2.01. The topological polar surface area (TPSA) is 74.4 Å². The molecule has 0 aliphatic heterocycles. The number of thioether (sulfide) groups is 1. The van der Waals surface area contributed by atoms with E-state index in [1.54, 1.807) is 18.0 Å². The minimum absolute atomic E-state index is 0.247. The summed E-state index contributed by atoms with van der Waals surface area (Å²) in [6.07, 6.45) is 1.61. The Morgan fingerprint density at radius 1 is 1.54 bits per heavy atom. The van der Waals surface area contributed by atoms with Crippen LogP contribution in [-0.4, -0.2) is 25.7 Å². The molecular weight excluding hydrogens is 188 g/mol. The molecule has 5 nitrogen and oxygen atoms in total. The van der Waals surface area contributed by atoms with Gasteiger partial charge < -0.3 is 4.98 Å². The molecule has 0 saturated carbocycles. The summed E-state index contributed by atoms with van der Waals surface area (Å²) in [6.45, 7) is 2.03. The Kier molecular flexibility index (Phi) is 2.05. The van der Waals surface area contributed by atoms with E-state index in [1.807, 2.05) is 6.92 Å². The van der Waals surface area contributed by atoms with Crippen molar-refractivity contribution in [3.05, 3.63) is 16.7 Å². The van der Waals surface area contributed by atoms with Crippen molar-refractivity contribution in [1.29, 1.82) is 0 Å². The van der Waals surface area contributed by atoms with E-state index in [0.29, 0.717) is 16.3 Å². The van der Waals surface area contributed by atoms with Crippen LogP contribution in [0.5, 0.6) is 0 Å². The number of fused-ring (bicyclic) bond motifs is 1. The Morgan fingerprint density at radius 3 is 3.15 bits per heavy atom. The number of rotatable bonds is 2. The quantitative estimate of drug-likeness (QED) is 0.549. The van der Waals surface area contributed by atoms with E-state index in [1.165, 1.54) is 0 Å². The van der Waals surface area contributed by atoms with E-state index in [2.05, 4.69) is 19.9 Å². The second-order valence-electron chi connectivity index (χ2n) is 2.43. The summed E-state index contributed by atoms with van der Waals surface area (Å²) < 4.78 is 0. The van der Waals surface area contributed by atoms with Crippen molar-refractivity contribution in [2.24, 2.45) is 0 Å². The molecule has 2 aromatic heterocycles. The normalized spacial score (nSPS) is 10.8. The van der Waals surface area contributed by atoms with Crippen LogP contribution < -0.4 is 5.69 Å². The molecule has 0 unspecified atom stereocenters. The number of aromatic amines is 2. The first-order valence-electron chi connectivity index (χ1n) is 3.87. The van der Waals surface area contributed by atoms with Gasteiger partial charge in [-0.1, -0.05) is 18.7 Å². The van der Waals surface area contributed by atoms with Gasteiger partial charge in [0.1, 0.15) is 5.52 Å². The van der Waals surface area contributed by atoms with Crippen LogP contribution in [0.4, 0.5) is 0 Å². The van der Waals surface area contributed by atoms with Crippen LogP contribution in [-0.2, 0) is 0 Å². The summed E-state index contributed by atoms with van der Waals surface area (Å²) in [5.74, 6) is 0.917. The van der Waals surface area contributed by atoms with Crippen LogP contribution in [0.15, 0.2) is 16.1 Å². The van der Waals surface area contributed by atoms with Gasteiger partial charge in [0.25, 0.3) is 0 Å². The van der Waals surface area contributed by atoms with Gasteiger partial charge in [-0.05, 0) is 5.75 Å². The Morgan fingerprint density at radius 2 is 2.38 bits per heavy atom. The molecule has 68 valence electrons. The van der Waals surface area contributed by atoms with E-state index in [0.717, 1.165) is 5.75 Å². The first kappa shape index (κ1) is 8.31. The maximum atomic E-state index is 10.9. The second-order valence-corrected chi connectivity index (χ2v) is 3.66. The molecule has 0 radical (unpaired) electrons. The lowest BCUT2D eigenvalue weighted by molar-refractivity contribution is 0.993. The van der Waals surface area contributed by atoms with E-state index >= 15 is 0 Å². The standard InChI is InChI=1S/C7H8N4OS/c1-2-13-7-8-3-4-5(11-7)10-6(12)9-4/h3H,2H2,1H3,(H2,8,9,10,11,12). The Balaban J connectivity index is 2.54. The van der Waals surface area contributed by atoms with Gasteiger partial charge in [0.15, 0.2) is 10.8 Å². The highest BCUT2D eigenvalue weighted by atomic mass is 32.2. The number of aromatic nitrogens is 4. The molecule has 0 saturated heterocycles. The van der Waals surface area contributed by atoms with Gasteiger partial charge in [-0.25, -0.2) is 14.8 Å². The lowest BCUT2D eigenvalue weighted by Gasteiger charge is -1.94. The molecule has 2 aromatic rings. The van der Waals surface area contributed by atoms with Crippen LogP contribution in [0.25, 0.3) is 11.2 Å². The molecule has 0 bridgehead atoms. The van der Waals surface area contributed by atoms with Crippen molar-refractivity contribution >= 4 is 22.9 Å². The average Bonchev–Trinajstić information content (AvgIpc) is 2.44. The van der Waals surface area contributed by atoms with Crippen molar-refractivity contribution in [1.82, 2.24) is 19.9 Å². The smallest absolute Gasteiger partial charge is 0.303 e. The molecule has 0 amide bonds. The van der Waals surface area contributed by atoms with Crippen LogP contribution in [0, 0.1) is 0 Å². The fourth-order valence-electron chi connectivity index (χ4n) is 1.01. The third-order valence-corrected chi connectivity index (χ3v) is 2.26. The summed E-state index contributed by atoms with van der Waals surface area (Å²) in [6, 6.07) is 0. The van der Waals surface area contributed by atoms with Gasteiger partial charge in [0.05, 0.1) is 6.20 Å². The van der Waals surface area contributed by atoms with Gasteiger partial charge >= 0.3 is 5.69 Å². The number of hydrogen-bond acceptors (Lipinski definition) is 4. The summed E-state index contributed by atoms with van der Waals surface area (Å²) >= 11 is 1.54. The van der Waals surface area contributed by atoms with Crippen molar-refractivity contribution < 1.29 is 0 Å². The van der Waals surface area contributed by atoms with E-state index in [-0.39, 0.29) is 5.69 Å². The first-order chi connectivity index (χ1) is 6.29. The predicted octanol–water partition coefficient (Wildman–Crippen LogP) is 0.758. The van der Waals surface area contributed by atoms with E-state index < -0.39 is 0 Å². The summed E-state index contributed by atoms with van der Waals surface area (Å²) in [4.78, 5) is 24.3. The molecule has 2 heterocycles. The lowest BCUT2D eigenvalue weighted by atomic mass is 10.6. The Bertz CT molecular complexity index is 475. The predicted molar refractivity (Wildman–Crippen MR) is 50.9 cm³/mol. The number of nitrogens with zero attached hydrogens (tertiary/aromatic N) is 2. The third-order valence-electron chi connectivity index (χ3n) is 1.52. The number of imidazole rings is 1. The Labute approximate surface area is 78.0 Å². The van der Waals surface area contributed by atoms with Gasteiger partial charge in [0.2, 0.25) is 0 Å². The Hall–Kier alpha value is -1.30. The number of hydrogen-bond donors (Lipinski definition) is 2. The molecule has 0 fully saturated rings. The molecule has 0 aliphatic carbocycles. The van der Waals surface area contributed by atoms with Gasteiger partial charge in [-0.2, -0.15) is 0 Å². The molecule has 0 aliphatic rings. The van der Waals surface area contributed by atoms with E-state index in [9.17, 15) is 4.79 Å². The maximum Gasteiger partial charge on any atom is 0.325 e. The molecule has 13 heavy (non-hydrogen) atoms. The monoisotopic (exact) mass is 196 g/mol. The maximum absolute atomic E-state index is 10.9. The van der Waals surface area contributed by atoms with Gasteiger partial charge in [-0.3, -0.25) is 4.98 Å². The van der Waals surface area contributed by atoms with Crippen LogP contribution in [0.2, 0.25) is 0 Å². The first-order valence-corrected chi connectivity index (χ1v) is 4.86. The average molecular weight is 196 g/mol. The van der Waals surface area contributed by atoms with Crippen molar-refractivity contribution in [3.8, 4) is 0 Å². The molecular formula is C7H8N4OS. The van der Waals surface area contributed by atoms with E-state index in [4.69, 9.17) is 0 Å². The van der Waals surface area contributed by atoms with Gasteiger partial charge in [-0.15, -0.1) is 0 Å². The van der Waals surface area contributed by atoms with Crippen LogP contribution >= 0.6 is 11.8 Å². The minimum atomic E-state index is -0.247. The molecule has 2 N–H and O–H groups in total. The lowest BCUT2D eigenvalue weighted by Crippen LogP contribution is -1.99. The molecule has 6 heteroatoms. The molecule has 0 spiro atoms. The third kappa shape index (κ3) is 1.57. The zero-order valence-electron chi connectivity index (χ0n) is 7.00. The molecule has 2 rings (SSSR count). The van der Waals surface area contributed by atoms with Crippen molar-refractivity contribution in [2.45, 2.75) is 12.1 Å². The second kappa shape index (κ2) is 3.21. The minimum Gasteiger partial charge on any atom is -0.303 e. The highest BCUT2D eigenvalue weighted by Crippen LogP contribution is 2.12. The number of H-pyrrole nitrogens is 2. The SMILES string of the molecule is CCSc1ncc2[nH]c(=O)[nH]c2n1. The molecule has 0 atom stereocenters. The van der Waals surface area contributed by atoms with Crippen molar-refractivity contribution in [2.75, 3.05) is 5.75 Å². The fourth-order valence-corrected chi connectivity index (χ4v) is 1.55. The van der Waals surface area contributed by atoms with Crippen LogP contribution in [0.1, 0.15) is 6.92 Å². The highest BCUT2D eigenvalue weighted by molar-refractivity contribution is 7.99. The van der Waals surface area contributed by atoms with Crippen molar-refractivity contribution in [3.63, 3.8) is 0 Å². The zero-order valence-corrected chi connectivity index (χ0v) is 7.81. The zero-order chi connectivity index (χ0) is 9.26. The summed E-state index contributed by atoms with van der Waals surface area (Å²) in [7, 11) is 0. The van der Waals surface area contributed by atoms with Gasteiger partial charge in [0, 0.05) is 0 Å². The van der Waals surface area contributed by atoms with Crippen LogP contribution in [0.3, 0.4) is 0 Å². The molecule has 0 aromatic carbocycles. The summed E-state index contributed by atoms with van der Waals surface area (Å²) in [5, 5.41) is 0.685. The largest absolute Gasteiger partial charge is 0.325 e. The number of nitrogens with one attached hydrogen (secondary N) is 2. The summed E-state index contributed by atoms with van der Waals surface area (Å²) in [5.41, 5.74) is 0.962. The fraction of sp³-hybridized carbons (Fsp3) is 0.286.